The van der Waals surface area contributed by atoms with Crippen molar-refractivity contribution in [1.29, 1.82) is 0 Å². The molecule has 0 radical (unpaired) electrons. The molecule has 0 aliphatic rings. The van der Waals surface area contributed by atoms with Crippen LogP contribution in [-0.4, -0.2) is 26.2 Å². The molecule has 126 valence electrons. The zero-order chi connectivity index (χ0) is 17.2. The van der Waals surface area contributed by atoms with E-state index >= 15 is 0 Å². The Morgan fingerprint density at radius 2 is 2.04 bits per heavy atom. The highest BCUT2D eigenvalue weighted by Gasteiger charge is 2.02. The Labute approximate surface area is 148 Å². The molecule has 1 aromatic carbocycles. The molecule has 0 fully saturated rings. The van der Waals surface area contributed by atoms with E-state index in [1.165, 1.54) is 16.0 Å². The van der Waals surface area contributed by atoms with E-state index in [0.717, 1.165) is 31.2 Å². The highest BCUT2D eigenvalue weighted by molar-refractivity contribution is 7.10. The Morgan fingerprint density at radius 3 is 2.67 bits per heavy atom. The maximum absolute atomic E-state index is 5.37. The molecule has 0 saturated heterocycles. The quantitative estimate of drug-likeness (QED) is 0.462. The van der Waals surface area contributed by atoms with Crippen molar-refractivity contribution in [2.75, 3.05) is 20.2 Å². The van der Waals surface area contributed by atoms with Crippen molar-refractivity contribution >= 4 is 17.3 Å². The van der Waals surface area contributed by atoms with Gasteiger partial charge in [0.1, 0.15) is 12.4 Å². The van der Waals surface area contributed by atoms with E-state index in [0.29, 0.717) is 6.61 Å². The Balaban J connectivity index is 1.73. The summed E-state index contributed by atoms with van der Waals surface area (Å²) >= 11 is 1.76. The minimum Gasteiger partial charge on any atom is -0.481 e. The molecule has 0 saturated carbocycles. The molecule has 1 aromatic heterocycles. The van der Waals surface area contributed by atoms with Gasteiger partial charge in [0.05, 0.1) is 6.54 Å². The van der Waals surface area contributed by atoms with Gasteiger partial charge in [-0.25, -0.2) is 0 Å². The van der Waals surface area contributed by atoms with Crippen molar-refractivity contribution in [2.45, 2.75) is 19.9 Å². The molecular weight excluding hydrogens is 318 g/mol. The van der Waals surface area contributed by atoms with E-state index < -0.39 is 0 Å². The van der Waals surface area contributed by atoms with E-state index in [-0.39, 0.29) is 0 Å². The number of rotatable bonds is 7. The molecule has 0 spiro atoms. The summed E-state index contributed by atoms with van der Waals surface area (Å²) in [5.74, 6) is 4.07. The summed E-state index contributed by atoms with van der Waals surface area (Å²) in [7, 11) is 1.79. The van der Waals surface area contributed by atoms with Gasteiger partial charge >= 0.3 is 0 Å². The SMILES string of the molecule is C#CCOc1ccc(CCNC(=NC)NCc2sccc2C)cc1. The molecule has 24 heavy (non-hydrogen) atoms. The van der Waals surface area contributed by atoms with E-state index in [1.54, 1.807) is 18.4 Å². The van der Waals surface area contributed by atoms with Crippen LogP contribution in [0, 0.1) is 19.3 Å². The largest absolute Gasteiger partial charge is 0.481 e. The second-order valence-corrected chi connectivity index (χ2v) is 6.27. The fraction of sp³-hybridized carbons (Fsp3) is 0.316. The fourth-order valence-corrected chi connectivity index (χ4v) is 3.02. The Kier molecular flexibility index (Phi) is 7.19. The van der Waals surface area contributed by atoms with Crippen LogP contribution in [0.1, 0.15) is 16.0 Å². The van der Waals surface area contributed by atoms with Crippen molar-refractivity contribution in [3.63, 3.8) is 0 Å². The van der Waals surface area contributed by atoms with Crippen LogP contribution in [0.3, 0.4) is 0 Å². The summed E-state index contributed by atoms with van der Waals surface area (Å²) in [6.45, 7) is 4.03. The molecule has 0 aliphatic heterocycles. The molecule has 2 aromatic rings. The average molecular weight is 341 g/mol. The number of benzene rings is 1. The smallest absolute Gasteiger partial charge is 0.191 e. The van der Waals surface area contributed by atoms with Gasteiger partial charge in [-0.3, -0.25) is 4.99 Å². The van der Waals surface area contributed by atoms with Gasteiger partial charge in [0.2, 0.25) is 0 Å². The zero-order valence-electron chi connectivity index (χ0n) is 14.1. The minimum absolute atomic E-state index is 0.298. The molecule has 1 heterocycles. The molecule has 0 atom stereocenters. The number of aliphatic imine (C=N–C) groups is 1. The van der Waals surface area contributed by atoms with Crippen molar-refractivity contribution < 1.29 is 4.74 Å². The van der Waals surface area contributed by atoms with Crippen LogP contribution in [0.5, 0.6) is 5.75 Å². The summed E-state index contributed by atoms with van der Waals surface area (Å²) < 4.78 is 5.37. The lowest BCUT2D eigenvalue weighted by atomic mass is 10.1. The highest BCUT2D eigenvalue weighted by atomic mass is 32.1. The first kappa shape index (κ1) is 17.9. The second-order valence-electron chi connectivity index (χ2n) is 5.27. The number of ether oxygens (including phenoxy) is 1. The van der Waals surface area contributed by atoms with Gasteiger partial charge in [0.25, 0.3) is 0 Å². The van der Waals surface area contributed by atoms with Crippen LogP contribution in [0.25, 0.3) is 0 Å². The summed E-state index contributed by atoms with van der Waals surface area (Å²) in [6, 6.07) is 10.1. The maximum atomic E-state index is 5.37. The van der Waals surface area contributed by atoms with Crippen molar-refractivity contribution in [3.05, 3.63) is 51.7 Å². The number of nitrogens with zero attached hydrogens (tertiary/aromatic N) is 1. The van der Waals surface area contributed by atoms with Gasteiger partial charge in [0.15, 0.2) is 5.96 Å². The van der Waals surface area contributed by atoms with E-state index in [2.05, 4.69) is 52.0 Å². The number of guanidine groups is 1. The molecule has 5 heteroatoms. The molecule has 2 rings (SSSR count). The van der Waals surface area contributed by atoms with Crippen molar-refractivity contribution in [1.82, 2.24) is 10.6 Å². The van der Waals surface area contributed by atoms with Crippen LogP contribution in [-0.2, 0) is 13.0 Å². The molecule has 0 aliphatic carbocycles. The molecular formula is C19H23N3OS. The number of terminal acetylenes is 1. The van der Waals surface area contributed by atoms with Gasteiger partial charge in [-0.1, -0.05) is 18.1 Å². The number of thiophene rings is 1. The van der Waals surface area contributed by atoms with Gasteiger partial charge in [0, 0.05) is 18.5 Å². The summed E-state index contributed by atoms with van der Waals surface area (Å²) in [5.41, 5.74) is 2.55. The summed E-state index contributed by atoms with van der Waals surface area (Å²) in [6.07, 6.45) is 6.09. The third-order valence-electron chi connectivity index (χ3n) is 3.56. The van der Waals surface area contributed by atoms with E-state index in [4.69, 9.17) is 11.2 Å². The Morgan fingerprint density at radius 1 is 1.25 bits per heavy atom. The van der Waals surface area contributed by atoms with Gasteiger partial charge in [-0.2, -0.15) is 0 Å². The number of hydrogen-bond acceptors (Lipinski definition) is 3. The Bertz CT molecular complexity index is 698. The predicted octanol–water partition coefficient (Wildman–Crippen LogP) is 2.98. The van der Waals surface area contributed by atoms with E-state index in [1.807, 2.05) is 12.1 Å². The summed E-state index contributed by atoms with van der Waals surface area (Å²) in [4.78, 5) is 5.59. The monoisotopic (exact) mass is 341 g/mol. The molecule has 0 unspecified atom stereocenters. The number of nitrogens with one attached hydrogen (secondary N) is 2. The topological polar surface area (TPSA) is 45.6 Å². The molecule has 4 nitrogen and oxygen atoms in total. The third-order valence-corrected chi connectivity index (χ3v) is 4.58. The molecule has 0 bridgehead atoms. The predicted molar refractivity (Wildman–Crippen MR) is 102 cm³/mol. The van der Waals surface area contributed by atoms with Crippen LogP contribution >= 0.6 is 11.3 Å². The van der Waals surface area contributed by atoms with Crippen molar-refractivity contribution in [3.8, 4) is 18.1 Å². The minimum atomic E-state index is 0.298. The van der Waals surface area contributed by atoms with Crippen LogP contribution in [0.2, 0.25) is 0 Å². The first-order valence-electron chi connectivity index (χ1n) is 7.85. The van der Waals surface area contributed by atoms with Gasteiger partial charge in [-0.05, 0) is 48.1 Å². The molecule has 0 amide bonds. The zero-order valence-corrected chi connectivity index (χ0v) is 15.0. The normalized spacial score (nSPS) is 11.0. The first-order valence-corrected chi connectivity index (χ1v) is 8.73. The number of aryl methyl sites for hydroxylation is 1. The first-order chi connectivity index (χ1) is 11.7. The highest BCUT2D eigenvalue weighted by Crippen LogP contribution is 2.14. The summed E-state index contributed by atoms with van der Waals surface area (Å²) in [5, 5.41) is 8.79. The van der Waals surface area contributed by atoms with Crippen molar-refractivity contribution in [2.24, 2.45) is 4.99 Å². The second kappa shape index (κ2) is 9.64. The maximum Gasteiger partial charge on any atom is 0.191 e. The van der Waals surface area contributed by atoms with Crippen LogP contribution in [0.4, 0.5) is 0 Å². The lowest BCUT2D eigenvalue weighted by Crippen LogP contribution is -2.37. The lowest BCUT2D eigenvalue weighted by Gasteiger charge is -2.12. The van der Waals surface area contributed by atoms with Crippen LogP contribution < -0.4 is 15.4 Å². The average Bonchev–Trinajstić information content (AvgIpc) is 3.02. The van der Waals surface area contributed by atoms with Gasteiger partial charge in [-0.15, -0.1) is 17.8 Å². The fourth-order valence-electron chi connectivity index (χ4n) is 2.17. The van der Waals surface area contributed by atoms with Crippen LogP contribution in [0.15, 0.2) is 40.7 Å². The number of hydrogen-bond donors (Lipinski definition) is 2. The molecule has 2 N–H and O–H groups in total. The standard InChI is InChI=1S/C19H23N3OS/c1-4-12-23-17-7-5-16(6-8-17)9-11-21-19(20-3)22-14-18-15(2)10-13-24-18/h1,5-8,10,13H,9,11-12,14H2,2-3H3,(H2,20,21,22). The lowest BCUT2D eigenvalue weighted by molar-refractivity contribution is 0.370. The van der Waals surface area contributed by atoms with Gasteiger partial charge < -0.3 is 15.4 Å². The Hall–Kier alpha value is -2.45. The third kappa shape index (κ3) is 5.64. The van der Waals surface area contributed by atoms with E-state index in [9.17, 15) is 0 Å².